The monoisotopic (exact) mass is 622 g/mol. The highest BCUT2D eigenvalue weighted by molar-refractivity contribution is 5.76. The topological polar surface area (TPSA) is 89.8 Å². The van der Waals surface area contributed by atoms with Gasteiger partial charge in [0.05, 0.1) is 31.3 Å². The van der Waals surface area contributed by atoms with Crippen molar-refractivity contribution < 1.29 is 20.1 Å². The molecule has 0 aromatic rings. The molecule has 0 aliphatic heterocycles. The van der Waals surface area contributed by atoms with E-state index in [1.807, 2.05) is 6.08 Å². The smallest absolute Gasteiger partial charge is 0.222 e. The molecule has 0 aromatic carbocycles. The van der Waals surface area contributed by atoms with Crippen molar-refractivity contribution in [2.24, 2.45) is 0 Å². The van der Waals surface area contributed by atoms with Gasteiger partial charge in [0.1, 0.15) is 0 Å². The van der Waals surface area contributed by atoms with Crippen molar-refractivity contribution in [2.45, 2.75) is 212 Å². The van der Waals surface area contributed by atoms with E-state index in [0.29, 0.717) is 6.42 Å². The first-order valence-corrected chi connectivity index (χ1v) is 19.1. The van der Waals surface area contributed by atoms with Crippen molar-refractivity contribution in [1.29, 1.82) is 0 Å². The van der Waals surface area contributed by atoms with Gasteiger partial charge in [-0.25, -0.2) is 0 Å². The van der Waals surface area contributed by atoms with Crippen molar-refractivity contribution in [3.8, 4) is 0 Å². The Balaban J connectivity index is 3.74. The lowest BCUT2D eigenvalue weighted by atomic mass is 10.0. The second kappa shape index (κ2) is 34.7. The van der Waals surface area contributed by atoms with Gasteiger partial charge in [0.2, 0.25) is 5.91 Å². The molecule has 5 nitrogen and oxygen atoms in total. The van der Waals surface area contributed by atoms with Crippen molar-refractivity contribution in [2.75, 3.05) is 6.61 Å². The van der Waals surface area contributed by atoms with E-state index >= 15 is 0 Å². The first-order chi connectivity index (χ1) is 21.5. The molecule has 5 heteroatoms. The number of nitrogens with one attached hydrogen (secondary N) is 1. The Labute approximate surface area is 273 Å². The average Bonchev–Trinajstić information content (AvgIpc) is 3.01. The second-order valence-corrected chi connectivity index (χ2v) is 13.2. The molecule has 0 aromatic heterocycles. The standard InChI is InChI=1S/C39H75NO4/c1-3-5-7-9-11-13-15-17-18-19-21-23-25-27-29-31-33-38(43)37(35-41)40-39(44)34-36(42)32-30-28-26-24-22-20-16-14-12-10-8-6-4-2/h14,16,31,33,36-38,41-43H,3-13,15,17-30,32,34-35H2,1-2H3,(H,40,44)/b16-14-,33-31+. The molecule has 0 saturated heterocycles. The zero-order valence-electron chi connectivity index (χ0n) is 29.3. The summed E-state index contributed by atoms with van der Waals surface area (Å²) in [5, 5.41) is 33.1. The molecule has 0 aliphatic rings. The second-order valence-electron chi connectivity index (χ2n) is 13.2. The van der Waals surface area contributed by atoms with Crippen molar-refractivity contribution in [3.63, 3.8) is 0 Å². The zero-order chi connectivity index (χ0) is 32.4. The number of unbranched alkanes of at least 4 members (excludes halogenated alkanes) is 23. The molecule has 0 spiro atoms. The third-order valence-corrected chi connectivity index (χ3v) is 8.73. The summed E-state index contributed by atoms with van der Waals surface area (Å²) in [4.78, 5) is 12.4. The minimum atomic E-state index is -0.927. The minimum absolute atomic E-state index is 0.00896. The number of carbonyl (C=O) groups is 1. The summed E-state index contributed by atoms with van der Waals surface area (Å²) in [7, 11) is 0. The maximum absolute atomic E-state index is 12.4. The summed E-state index contributed by atoms with van der Waals surface area (Å²) in [6.07, 6.45) is 40.1. The Morgan fingerprint density at radius 3 is 1.41 bits per heavy atom. The molecular formula is C39H75NO4. The fourth-order valence-corrected chi connectivity index (χ4v) is 5.74. The predicted molar refractivity (Wildman–Crippen MR) is 190 cm³/mol. The van der Waals surface area contributed by atoms with E-state index in [1.165, 1.54) is 128 Å². The zero-order valence-corrected chi connectivity index (χ0v) is 29.3. The van der Waals surface area contributed by atoms with Gasteiger partial charge in [0.15, 0.2) is 0 Å². The van der Waals surface area contributed by atoms with Gasteiger partial charge in [-0.1, -0.05) is 167 Å². The molecule has 3 atom stereocenters. The Morgan fingerprint density at radius 1 is 0.568 bits per heavy atom. The lowest BCUT2D eigenvalue weighted by molar-refractivity contribution is -0.124. The third-order valence-electron chi connectivity index (χ3n) is 8.73. The van der Waals surface area contributed by atoms with Crippen LogP contribution in [0.25, 0.3) is 0 Å². The van der Waals surface area contributed by atoms with E-state index in [0.717, 1.165) is 38.5 Å². The molecule has 0 bridgehead atoms. The first-order valence-electron chi connectivity index (χ1n) is 19.1. The number of carbonyl (C=O) groups excluding carboxylic acids is 1. The van der Waals surface area contributed by atoms with Gasteiger partial charge in [-0.05, 0) is 44.9 Å². The van der Waals surface area contributed by atoms with Crippen LogP contribution in [0, 0.1) is 0 Å². The highest BCUT2D eigenvalue weighted by Crippen LogP contribution is 2.14. The van der Waals surface area contributed by atoms with Gasteiger partial charge in [0, 0.05) is 0 Å². The van der Waals surface area contributed by atoms with E-state index in [4.69, 9.17) is 0 Å². The SMILES string of the molecule is CCCCCC/C=C\CCCCCCCC(O)CC(=O)NC(CO)C(O)/C=C/CCCCCCCCCCCCCCCC. The van der Waals surface area contributed by atoms with Gasteiger partial charge in [-0.3, -0.25) is 4.79 Å². The number of aliphatic hydroxyl groups excluding tert-OH is 3. The van der Waals surface area contributed by atoms with Gasteiger partial charge in [-0.15, -0.1) is 0 Å². The largest absolute Gasteiger partial charge is 0.394 e. The molecule has 3 unspecified atom stereocenters. The van der Waals surface area contributed by atoms with Crippen molar-refractivity contribution >= 4 is 5.91 Å². The summed E-state index contributed by atoms with van der Waals surface area (Å²) in [5.74, 6) is -0.322. The van der Waals surface area contributed by atoms with Crippen molar-refractivity contribution in [1.82, 2.24) is 5.32 Å². The van der Waals surface area contributed by atoms with Crippen LogP contribution in [0.3, 0.4) is 0 Å². The van der Waals surface area contributed by atoms with Gasteiger partial charge in [-0.2, -0.15) is 0 Å². The van der Waals surface area contributed by atoms with Crippen LogP contribution in [0.1, 0.15) is 194 Å². The van der Waals surface area contributed by atoms with Crippen LogP contribution in [0.15, 0.2) is 24.3 Å². The number of aliphatic hydroxyl groups is 3. The van der Waals surface area contributed by atoms with Crippen LogP contribution in [0.4, 0.5) is 0 Å². The van der Waals surface area contributed by atoms with Gasteiger partial charge in [0.25, 0.3) is 0 Å². The van der Waals surface area contributed by atoms with Gasteiger partial charge >= 0.3 is 0 Å². The van der Waals surface area contributed by atoms with Crippen LogP contribution in [0.2, 0.25) is 0 Å². The molecule has 0 heterocycles. The predicted octanol–water partition coefficient (Wildman–Crippen LogP) is 10.3. The molecule has 0 saturated carbocycles. The molecule has 0 fully saturated rings. The molecule has 0 radical (unpaired) electrons. The van der Waals surface area contributed by atoms with E-state index in [9.17, 15) is 20.1 Å². The van der Waals surface area contributed by atoms with Crippen LogP contribution >= 0.6 is 0 Å². The first kappa shape index (κ1) is 42.8. The number of hydrogen-bond acceptors (Lipinski definition) is 4. The molecule has 260 valence electrons. The quantitative estimate of drug-likeness (QED) is 0.0425. The minimum Gasteiger partial charge on any atom is -0.394 e. The number of rotatable bonds is 34. The number of amides is 1. The summed E-state index contributed by atoms with van der Waals surface area (Å²) < 4.78 is 0. The van der Waals surface area contributed by atoms with E-state index in [2.05, 4.69) is 31.3 Å². The maximum Gasteiger partial charge on any atom is 0.222 e. The Morgan fingerprint density at radius 2 is 0.955 bits per heavy atom. The lowest BCUT2D eigenvalue weighted by Gasteiger charge is -2.21. The normalized spacial score (nSPS) is 14.0. The Bertz CT molecular complexity index is 650. The van der Waals surface area contributed by atoms with E-state index < -0.39 is 18.2 Å². The van der Waals surface area contributed by atoms with Crippen LogP contribution in [-0.4, -0.2) is 46.1 Å². The van der Waals surface area contributed by atoms with E-state index in [-0.39, 0.29) is 18.9 Å². The lowest BCUT2D eigenvalue weighted by Crippen LogP contribution is -2.45. The number of allylic oxidation sites excluding steroid dienone is 3. The molecule has 4 N–H and O–H groups in total. The molecule has 44 heavy (non-hydrogen) atoms. The van der Waals surface area contributed by atoms with Crippen LogP contribution in [0.5, 0.6) is 0 Å². The Hall–Kier alpha value is -1.17. The summed E-state index contributed by atoms with van der Waals surface area (Å²) >= 11 is 0. The highest BCUT2D eigenvalue weighted by atomic mass is 16.3. The average molecular weight is 622 g/mol. The number of hydrogen-bond donors (Lipinski definition) is 4. The van der Waals surface area contributed by atoms with E-state index in [1.54, 1.807) is 6.08 Å². The summed E-state index contributed by atoms with van der Waals surface area (Å²) in [6.45, 7) is 4.18. The molecule has 0 rings (SSSR count). The van der Waals surface area contributed by atoms with Gasteiger partial charge < -0.3 is 20.6 Å². The molecular weight excluding hydrogens is 546 g/mol. The summed E-state index contributed by atoms with van der Waals surface area (Å²) in [6, 6.07) is -0.743. The van der Waals surface area contributed by atoms with Crippen molar-refractivity contribution in [3.05, 3.63) is 24.3 Å². The maximum atomic E-state index is 12.4. The summed E-state index contributed by atoms with van der Waals surface area (Å²) in [5.41, 5.74) is 0. The third kappa shape index (κ3) is 30.8. The fourth-order valence-electron chi connectivity index (χ4n) is 5.74. The van der Waals surface area contributed by atoms with Crippen LogP contribution in [-0.2, 0) is 4.79 Å². The van der Waals surface area contributed by atoms with Crippen LogP contribution < -0.4 is 5.32 Å². The highest BCUT2D eigenvalue weighted by Gasteiger charge is 2.20. The fraction of sp³-hybridized carbons (Fsp3) is 0.872. The Kier molecular flexibility index (Phi) is 33.8. The molecule has 1 amide bonds. The molecule has 0 aliphatic carbocycles.